The Bertz CT molecular complexity index is 1140. The third-order valence-electron chi connectivity index (χ3n) is 4.67. The van der Waals surface area contributed by atoms with Crippen LogP contribution < -0.4 is 9.64 Å². The maximum atomic E-state index is 13.3. The van der Waals surface area contributed by atoms with Crippen molar-refractivity contribution in [3.8, 4) is 11.8 Å². The molecule has 0 aliphatic carbocycles. The van der Waals surface area contributed by atoms with E-state index < -0.39 is 5.82 Å². The molecule has 7 nitrogen and oxygen atoms in total. The molecule has 33 heavy (non-hydrogen) atoms. The van der Waals surface area contributed by atoms with Gasteiger partial charge in [-0.05, 0) is 48.9 Å². The largest absolute Gasteiger partial charge is 0.486 e. The van der Waals surface area contributed by atoms with E-state index >= 15 is 0 Å². The number of nitriles is 1. The van der Waals surface area contributed by atoms with Crippen molar-refractivity contribution in [1.29, 1.82) is 5.26 Å². The van der Waals surface area contributed by atoms with Crippen LogP contribution in [0.5, 0.6) is 5.75 Å². The number of benzene rings is 2. The minimum absolute atomic E-state index is 0.0802. The predicted octanol–water partition coefficient (Wildman–Crippen LogP) is 4.53. The number of hydrogen-bond acceptors (Lipinski definition) is 6. The highest BCUT2D eigenvalue weighted by Gasteiger charge is 2.19. The quantitative estimate of drug-likeness (QED) is 0.306. The fraction of sp³-hybridized carbons (Fsp3) is 0.250. The summed E-state index contributed by atoms with van der Waals surface area (Å²) in [4.78, 5) is 14.4. The number of nitrogens with zero attached hydrogens (tertiary/aromatic N) is 5. The van der Waals surface area contributed by atoms with E-state index in [0.29, 0.717) is 23.2 Å². The second-order valence-corrected chi connectivity index (χ2v) is 8.06. The molecule has 0 spiro atoms. The van der Waals surface area contributed by atoms with Gasteiger partial charge in [0.2, 0.25) is 5.91 Å². The van der Waals surface area contributed by atoms with Gasteiger partial charge in [-0.1, -0.05) is 30.0 Å². The van der Waals surface area contributed by atoms with Gasteiger partial charge in [-0.25, -0.2) is 4.39 Å². The zero-order valence-electron chi connectivity index (χ0n) is 18.3. The summed E-state index contributed by atoms with van der Waals surface area (Å²) < 4.78 is 21.0. The molecule has 0 saturated carbocycles. The first kappa shape index (κ1) is 24.0. The van der Waals surface area contributed by atoms with E-state index in [1.807, 2.05) is 41.8 Å². The number of hydrogen-bond donors (Lipinski definition) is 0. The van der Waals surface area contributed by atoms with Crippen LogP contribution in [0.3, 0.4) is 0 Å². The van der Waals surface area contributed by atoms with Crippen molar-refractivity contribution in [2.75, 3.05) is 17.2 Å². The number of halogens is 1. The van der Waals surface area contributed by atoms with Crippen LogP contribution in [0.2, 0.25) is 0 Å². The average molecular weight is 466 g/mol. The SMILES string of the molecule is C=CCn1c(COc2cccc(C)c2)nnc1SCC(=O)N(CCC#N)c1ccc(F)cc1. The molecule has 0 atom stereocenters. The summed E-state index contributed by atoms with van der Waals surface area (Å²) in [6, 6.07) is 15.4. The maximum absolute atomic E-state index is 13.3. The first-order valence-electron chi connectivity index (χ1n) is 10.3. The second kappa shape index (κ2) is 11.8. The Morgan fingerprint density at radius 2 is 2.09 bits per heavy atom. The molecule has 0 saturated heterocycles. The fourth-order valence-electron chi connectivity index (χ4n) is 3.08. The van der Waals surface area contributed by atoms with Crippen LogP contribution in [0.15, 0.2) is 66.3 Å². The lowest BCUT2D eigenvalue weighted by Gasteiger charge is -2.21. The number of allylic oxidation sites excluding steroid dienone is 1. The summed E-state index contributed by atoms with van der Waals surface area (Å²) in [5.74, 6) is 0.828. The Morgan fingerprint density at radius 1 is 1.30 bits per heavy atom. The lowest BCUT2D eigenvalue weighted by molar-refractivity contribution is -0.116. The van der Waals surface area contributed by atoms with Crippen molar-refractivity contribution in [2.45, 2.75) is 31.7 Å². The highest BCUT2D eigenvalue weighted by molar-refractivity contribution is 7.99. The van der Waals surface area contributed by atoms with Gasteiger partial charge < -0.3 is 9.64 Å². The van der Waals surface area contributed by atoms with Crippen molar-refractivity contribution < 1.29 is 13.9 Å². The standard InChI is InChI=1S/C24H24FN5O2S/c1-3-13-30-22(16-32-21-7-4-6-18(2)15-21)27-28-24(30)33-17-23(31)29(14-5-12-26)20-10-8-19(25)9-11-20/h3-4,6-11,15H,1,5,13-14,16-17H2,2H3. The Labute approximate surface area is 196 Å². The number of carbonyl (C=O) groups is 1. The van der Waals surface area contributed by atoms with Gasteiger partial charge in [0.05, 0.1) is 18.2 Å². The van der Waals surface area contributed by atoms with Crippen molar-refractivity contribution in [3.63, 3.8) is 0 Å². The first-order valence-corrected chi connectivity index (χ1v) is 11.3. The zero-order valence-corrected chi connectivity index (χ0v) is 19.1. The molecule has 0 N–H and O–H groups in total. The first-order chi connectivity index (χ1) is 16.0. The van der Waals surface area contributed by atoms with Crippen LogP contribution in [0.4, 0.5) is 10.1 Å². The fourth-order valence-corrected chi connectivity index (χ4v) is 3.93. The molecule has 9 heteroatoms. The van der Waals surface area contributed by atoms with E-state index in [1.165, 1.54) is 40.9 Å². The van der Waals surface area contributed by atoms with Gasteiger partial charge in [-0.2, -0.15) is 5.26 Å². The zero-order chi connectivity index (χ0) is 23.6. The Morgan fingerprint density at radius 3 is 2.79 bits per heavy atom. The highest BCUT2D eigenvalue weighted by atomic mass is 32.2. The molecule has 3 rings (SSSR count). The molecular weight excluding hydrogens is 441 g/mol. The van der Waals surface area contributed by atoms with E-state index in [1.54, 1.807) is 6.08 Å². The third kappa shape index (κ3) is 6.67. The molecule has 1 amide bonds. The van der Waals surface area contributed by atoms with Crippen LogP contribution in [0, 0.1) is 24.1 Å². The minimum Gasteiger partial charge on any atom is -0.486 e. The summed E-state index contributed by atoms with van der Waals surface area (Å²) in [6.07, 6.45) is 1.89. The van der Waals surface area contributed by atoms with Crippen LogP contribution in [0.1, 0.15) is 17.8 Å². The van der Waals surface area contributed by atoms with Gasteiger partial charge in [-0.3, -0.25) is 9.36 Å². The topological polar surface area (TPSA) is 84.0 Å². The van der Waals surface area contributed by atoms with Crippen LogP contribution in [-0.2, 0) is 17.9 Å². The molecule has 0 bridgehead atoms. The molecule has 3 aromatic rings. The summed E-state index contributed by atoms with van der Waals surface area (Å²) in [5, 5.41) is 17.9. The summed E-state index contributed by atoms with van der Waals surface area (Å²) in [5.41, 5.74) is 1.63. The summed E-state index contributed by atoms with van der Waals surface area (Å²) >= 11 is 1.24. The van der Waals surface area contributed by atoms with Crippen molar-refractivity contribution in [2.24, 2.45) is 0 Å². The number of rotatable bonds is 11. The minimum atomic E-state index is -0.390. The summed E-state index contributed by atoms with van der Waals surface area (Å²) in [7, 11) is 0. The lowest BCUT2D eigenvalue weighted by Crippen LogP contribution is -2.33. The monoisotopic (exact) mass is 465 g/mol. The molecule has 0 fully saturated rings. The maximum Gasteiger partial charge on any atom is 0.237 e. The Kier molecular flexibility index (Phi) is 8.61. The van der Waals surface area contributed by atoms with Gasteiger partial charge in [0.1, 0.15) is 18.2 Å². The molecule has 0 aliphatic rings. The number of aromatic nitrogens is 3. The molecule has 170 valence electrons. The number of ether oxygens (including phenoxy) is 1. The van der Waals surface area contributed by atoms with E-state index in [9.17, 15) is 9.18 Å². The predicted molar refractivity (Wildman–Crippen MR) is 125 cm³/mol. The third-order valence-corrected chi connectivity index (χ3v) is 5.63. The van der Waals surface area contributed by atoms with Crippen molar-refractivity contribution in [1.82, 2.24) is 14.8 Å². The smallest absolute Gasteiger partial charge is 0.237 e. The number of anilines is 1. The highest BCUT2D eigenvalue weighted by Crippen LogP contribution is 2.22. The molecule has 0 radical (unpaired) electrons. The normalized spacial score (nSPS) is 10.5. The number of aryl methyl sites for hydroxylation is 1. The molecule has 2 aromatic carbocycles. The van der Waals surface area contributed by atoms with Crippen molar-refractivity contribution >= 4 is 23.4 Å². The molecule has 1 heterocycles. The van der Waals surface area contributed by atoms with Crippen LogP contribution in [0.25, 0.3) is 0 Å². The average Bonchev–Trinajstić information content (AvgIpc) is 3.19. The van der Waals surface area contributed by atoms with E-state index in [4.69, 9.17) is 10.00 Å². The van der Waals surface area contributed by atoms with Gasteiger partial charge in [0, 0.05) is 18.8 Å². The Balaban J connectivity index is 1.69. The Hall–Kier alpha value is -3.64. The lowest BCUT2D eigenvalue weighted by atomic mass is 10.2. The molecule has 0 aliphatic heterocycles. The number of thioether (sulfide) groups is 1. The van der Waals surface area contributed by atoms with E-state index in [0.717, 1.165) is 11.3 Å². The van der Waals surface area contributed by atoms with Gasteiger partial charge >= 0.3 is 0 Å². The van der Waals surface area contributed by atoms with Crippen LogP contribution in [-0.4, -0.2) is 33.0 Å². The number of carbonyl (C=O) groups excluding carboxylic acids is 1. The van der Waals surface area contributed by atoms with E-state index in [2.05, 4.69) is 16.8 Å². The number of amides is 1. The second-order valence-electron chi connectivity index (χ2n) is 7.12. The van der Waals surface area contributed by atoms with E-state index in [-0.39, 0.29) is 31.2 Å². The van der Waals surface area contributed by atoms with Gasteiger partial charge in [-0.15, -0.1) is 16.8 Å². The molecule has 1 aromatic heterocycles. The molecule has 0 unspecified atom stereocenters. The molecular formula is C24H24FN5O2S. The van der Waals surface area contributed by atoms with Gasteiger partial charge in [0.15, 0.2) is 11.0 Å². The van der Waals surface area contributed by atoms with Gasteiger partial charge in [0.25, 0.3) is 0 Å². The summed E-state index contributed by atoms with van der Waals surface area (Å²) in [6.45, 7) is 6.69. The van der Waals surface area contributed by atoms with Crippen LogP contribution >= 0.6 is 11.8 Å². The van der Waals surface area contributed by atoms with Crippen molar-refractivity contribution in [3.05, 3.63) is 78.4 Å².